The summed E-state index contributed by atoms with van der Waals surface area (Å²) in [5.41, 5.74) is 2.62. The number of guanidine groups is 1. The first kappa shape index (κ1) is 24.0. The number of halogens is 1. The number of nitrogens with zero attached hydrogens (tertiary/aromatic N) is 2. The Kier molecular flexibility index (Phi) is 11.7. The summed E-state index contributed by atoms with van der Waals surface area (Å²) in [7, 11) is 1.82. The Balaban J connectivity index is 0.00000364. The number of hydrogen-bond donors (Lipinski definition) is 2. The summed E-state index contributed by atoms with van der Waals surface area (Å²) in [5.74, 6) is 1.43. The van der Waals surface area contributed by atoms with Gasteiger partial charge in [-0.1, -0.05) is 26.0 Å². The highest BCUT2D eigenvalue weighted by molar-refractivity contribution is 14.0. The molecule has 0 aliphatic carbocycles. The Morgan fingerprint density at radius 2 is 1.96 bits per heavy atom. The Labute approximate surface area is 182 Å². The van der Waals surface area contributed by atoms with Crippen molar-refractivity contribution in [3.8, 4) is 0 Å². The molecule has 1 unspecified atom stereocenters. The van der Waals surface area contributed by atoms with Gasteiger partial charge in [0.25, 0.3) is 0 Å². The van der Waals surface area contributed by atoms with Crippen molar-refractivity contribution in [2.24, 2.45) is 10.9 Å². The molecular weight excluding hydrogens is 451 g/mol. The molecule has 6 heteroatoms. The van der Waals surface area contributed by atoms with Crippen molar-refractivity contribution >= 4 is 35.6 Å². The van der Waals surface area contributed by atoms with E-state index in [2.05, 4.69) is 65.6 Å². The summed E-state index contributed by atoms with van der Waals surface area (Å²) in [6.07, 6.45) is 3.58. The number of rotatable bonds is 9. The largest absolute Gasteiger partial charge is 0.381 e. The summed E-state index contributed by atoms with van der Waals surface area (Å²) in [5, 5.41) is 6.87. The minimum absolute atomic E-state index is 0. The zero-order chi connectivity index (χ0) is 18.8. The Bertz CT molecular complexity index is 559. The van der Waals surface area contributed by atoms with Crippen molar-refractivity contribution < 1.29 is 4.74 Å². The van der Waals surface area contributed by atoms with Crippen molar-refractivity contribution in [3.05, 3.63) is 29.8 Å². The average molecular weight is 488 g/mol. The van der Waals surface area contributed by atoms with Crippen LogP contribution in [0.25, 0.3) is 0 Å². The van der Waals surface area contributed by atoms with Crippen LogP contribution in [0.5, 0.6) is 0 Å². The van der Waals surface area contributed by atoms with Crippen LogP contribution < -0.4 is 15.5 Å². The van der Waals surface area contributed by atoms with Crippen LogP contribution in [0.4, 0.5) is 5.69 Å². The fourth-order valence-corrected chi connectivity index (χ4v) is 3.15. The van der Waals surface area contributed by atoms with Gasteiger partial charge in [0, 0.05) is 45.6 Å². The van der Waals surface area contributed by atoms with E-state index < -0.39 is 0 Å². The van der Waals surface area contributed by atoms with E-state index in [0.717, 1.165) is 32.1 Å². The van der Waals surface area contributed by atoms with Crippen LogP contribution in [0.1, 0.15) is 51.6 Å². The quantitative estimate of drug-likeness (QED) is 0.237. The summed E-state index contributed by atoms with van der Waals surface area (Å²) in [4.78, 5) is 6.82. The van der Waals surface area contributed by atoms with E-state index in [1.807, 2.05) is 7.05 Å². The van der Waals surface area contributed by atoms with Crippen molar-refractivity contribution in [1.82, 2.24) is 10.6 Å². The van der Waals surface area contributed by atoms with Crippen LogP contribution in [0.15, 0.2) is 29.3 Å². The molecule has 154 valence electrons. The molecule has 27 heavy (non-hydrogen) atoms. The average Bonchev–Trinajstić information content (AvgIpc) is 3.18. The van der Waals surface area contributed by atoms with Crippen LogP contribution in [0.3, 0.4) is 0 Å². The third-order valence-electron chi connectivity index (χ3n) is 4.63. The molecule has 0 saturated carbocycles. The highest BCUT2D eigenvalue weighted by Gasteiger charge is 2.14. The first-order valence-corrected chi connectivity index (χ1v) is 10.00. The van der Waals surface area contributed by atoms with E-state index in [0.29, 0.717) is 5.92 Å². The molecule has 0 amide bonds. The molecule has 1 heterocycles. The lowest BCUT2D eigenvalue weighted by atomic mass is 10.1. The predicted octanol–water partition coefficient (Wildman–Crippen LogP) is 4.19. The van der Waals surface area contributed by atoms with Crippen LogP contribution >= 0.6 is 24.0 Å². The van der Waals surface area contributed by atoms with Gasteiger partial charge in [0.15, 0.2) is 5.96 Å². The first-order chi connectivity index (χ1) is 12.6. The molecule has 1 aromatic carbocycles. The van der Waals surface area contributed by atoms with E-state index >= 15 is 0 Å². The summed E-state index contributed by atoms with van der Waals surface area (Å²) in [6, 6.07) is 9.07. The first-order valence-electron chi connectivity index (χ1n) is 10.00. The minimum Gasteiger partial charge on any atom is -0.381 e. The SMILES string of the molecule is CN=C(NCCCOCC(C)C)NC(C)c1cccc(N2CCCC2)c1.I. The second kappa shape index (κ2) is 13.2. The standard InChI is InChI=1S/C21H36N4O.HI/c1-17(2)16-26-14-8-11-23-21(22-4)24-18(3)19-9-7-10-20(15-19)25-12-5-6-13-25;/h7,9-10,15,17-18H,5-6,8,11-14,16H2,1-4H3,(H2,22,23,24);1H. The van der Waals surface area contributed by atoms with Gasteiger partial charge in [0.05, 0.1) is 6.04 Å². The lowest BCUT2D eigenvalue weighted by Gasteiger charge is -2.22. The Hall–Kier alpha value is -1.02. The van der Waals surface area contributed by atoms with Gasteiger partial charge < -0.3 is 20.3 Å². The summed E-state index contributed by atoms with van der Waals surface area (Å²) in [6.45, 7) is 11.3. The predicted molar refractivity (Wildman–Crippen MR) is 126 cm³/mol. The molecule has 0 radical (unpaired) electrons. The van der Waals surface area contributed by atoms with Gasteiger partial charge in [0.2, 0.25) is 0 Å². The van der Waals surface area contributed by atoms with Crippen molar-refractivity contribution in [1.29, 1.82) is 0 Å². The number of aliphatic imine (C=N–C) groups is 1. The maximum absolute atomic E-state index is 5.62. The minimum atomic E-state index is 0. The fourth-order valence-electron chi connectivity index (χ4n) is 3.15. The lowest BCUT2D eigenvalue weighted by Crippen LogP contribution is -2.39. The molecule has 1 fully saturated rings. The van der Waals surface area contributed by atoms with Gasteiger partial charge in [-0.25, -0.2) is 0 Å². The zero-order valence-corrected chi connectivity index (χ0v) is 19.7. The molecule has 0 bridgehead atoms. The van der Waals surface area contributed by atoms with Crippen LogP contribution in [0.2, 0.25) is 0 Å². The van der Waals surface area contributed by atoms with E-state index in [1.54, 1.807) is 0 Å². The molecule has 1 saturated heterocycles. The summed E-state index contributed by atoms with van der Waals surface area (Å²) < 4.78 is 5.62. The molecule has 1 aromatic rings. The topological polar surface area (TPSA) is 48.9 Å². The smallest absolute Gasteiger partial charge is 0.191 e. The lowest BCUT2D eigenvalue weighted by molar-refractivity contribution is 0.108. The molecule has 0 spiro atoms. The highest BCUT2D eigenvalue weighted by Crippen LogP contribution is 2.23. The molecule has 2 N–H and O–H groups in total. The molecule has 1 atom stereocenters. The van der Waals surface area contributed by atoms with Crippen molar-refractivity contribution in [2.75, 3.05) is 44.8 Å². The third kappa shape index (κ3) is 8.68. The fraction of sp³-hybridized carbons (Fsp3) is 0.667. The normalized spacial score (nSPS) is 15.6. The van der Waals surface area contributed by atoms with E-state index in [-0.39, 0.29) is 30.0 Å². The number of nitrogens with one attached hydrogen (secondary N) is 2. The maximum atomic E-state index is 5.62. The van der Waals surface area contributed by atoms with Crippen LogP contribution in [-0.4, -0.2) is 45.9 Å². The van der Waals surface area contributed by atoms with Gasteiger partial charge in [-0.15, -0.1) is 24.0 Å². The maximum Gasteiger partial charge on any atom is 0.191 e. The van der Waals surface area contributed by atoms with Gasteiger partial charge in [-0.3, -0.25) is 4.99 Å². The number of anilines is 1. The van der Waals surface area contributed by atoms with Crippen molar-refractivity contribution in [2.45, 2.75) is 46.1 Å². The summed E-state index contributed by atoms with van der Waals surface area (Å²) >= 11 is 0. The number of hydrogen-bond acceptors (Lipinski definition) is 3. The zero-order valence-electron chi connectivity index (χ0n) is 17.3. The van der Waals surface area contributed by atoms with E-state index in [9.17, 15) is 0 Å². The monoisotopic (exact) mass is 488 g/mol. The van der Waals surface area contributed by atoms with E-state index in [1.165, 1.54) is 37.2 Å². The van der Waals surface area contributed by atoms with Crippen molar-refractivity contribution in [3.63, 3.8) is 0 Å². The van der Waals surface area contributed by atoms with E-state index in [4.69, 9.17) is 4.74 Å². The molecule has 0 aromatic heterocycles. The molecule has 1 aliphatic rings. The second-order valence-electron chi connectivity index (χ2n) is 7.48. The molecular formula is C21H37IN4O. The highest BCUT2D eigenvalue weighted by atomic mass is 127. The molecule has 5 nitrogen and oxygen atoms in total. The van der Waals surface area contributed by atoms with Gasteiger partial charge in [-0.2, -0.15) is 0 Å². The van der Waals surface area contributed by atoms with Gasteiger partial charge in [-0.05, 0) is 49.8 Å². The Morgan fingerprint density at radius 3 is 2.63 bits per heavy atom. The number of benzene rings is 1. The van der Waals surface area contributed by atoms with Crippen LogP contribution in [0, 0.1) is 5.92 Å². The second-order valence-corrected chi connectivity index (χ2v) is 7.48. The molecule has 2 rings (SSSR count). The van der Waals surface area contributed by atoms with Gasteiger partial charge in [0.1, 0.15) is 0 Å². The number of ether oxygens (including phenoxy) is 1. The molecule has 1 aliphatic heterocycles. The van der Waals surface area contributed by atoms with Gasteiger partial charge >= 0.3 is 0 Å². The third-order valence-corrected chi connectivity index (χ3v) is 4.63. The Morgan fingerprint density at radius 1 is 1.22 bits per heavy atom. The van der Waals surface area contributed by atoms with Crippen LogP contribution in [-0.2, 0) is 4.74 Å².